The minimum Gasteiger partial charge on any atom is -0.449 e. The zero-order valence-corrected chi connectivity index (χ0v) is 17.4. The number of ether oxygens (including phenoxy) is 2. The molecule has 0 saturated heterocycles. The second kappa shape index (κ2) is 7.48. The maximum Gasteiger partial charge on any atom is 0.319 e. The molecule has 4 nitrogen and oxygen atoms in total. The van der Waals surface area contributed by atoms with E-state index in [0.29, 0.717) is 34.9 Å². The number of carbonyl (C=O) groups is 2. The third-order valence-electron chi connectivity index (χ3n) is 5.62. The summed E-state index contributed by atoms with van der Waals surface area (Å²) >= 11 is 12.4. The van der Waals surface area contributed by atoms with Crippen LogP contribution in [0.25, 0.3) is 5.57 Å². The number of halogens is 2. The van der Waals surface area contributed by atoms with Crippen LogP contribution < -0.4 is 0 Å². The number of ketones is 1. The molecule has 27 heavy (non-hydrogen) atoms. The molecule has 3 rings (SSSR count). The number of benzene rings is 1. The van der Waals surface area contributed by atoms with Gasteiger partial charge in [0.05, 0.1) is 10.4 Å². The van der Waals surface area contributed by atoms with Crippen LogP contribution in [0, 0.1) is 5.41 Å². The minimum absolute atomic E-state index is 0.0300. The van der Waals surface area contributed by atoms with Crippen LogP contribution in [-0.4, -0.2) is 17.4 Å². The van der Waals surface area contributed by atoms with E-state index in [1.165, 1.54) is 0 Å². The van der Waals surface area contributed by atoms with Gasteiger partial charge in [-0.05, 0) is 58.1 Å². The molecule has 146 valence electrons. The summed E-state index contributed by atoms with van der Waals surface area (Å²) in [5.41, 5.74) is -0.927. The largest absolute Gasteiger partial charge is 0.449 e. The highest BCUT2D eigenvalue weighted by Crippen LogP contribution is 2.47. The summed E-state index contributed by atoms with van der Waals surface area (Å²) in [7, 11) is 0. The predicted molar refractivity (Wildman–Crippen MR) is 105 cm³/mol. The molecule has 1 aliphatic carbocycles. The highest BCUT2D eigenvalue weighted by molar-refractivity contribution is 6.38. The van der Waals surface area contributed by atoms with Crippen LogP contribution in [0.1, 0.15) is 64.9 Å². The molecule has 0 N–H and O–H groups in total. The Morgan fingerprint density at radius 1 is 1.22 bits per heavy atom. The Morgan fingerprint density at radius 2 is 1.89 bits per heavy atom. The van der Waals surface area contributed by atoms with Crippen molar-refractivity contribution < 1.29 is 19.1 Å². The second-order valence-electron chi connectivity index (χ2n) is 7.90. The molecule has 0 radical (unpaired) electrons. The third-order valence-corrected chi connectivity index (χ3v) is 6.16. The lowest BCUT2D eigenvalue weighted by atomic mass is 9.79. The van der Waals surface area contributed by atoms with E-state index in [1.54, 1.807) is 32.0 Å². The van der Waals surface area contributed by atoms with Gasteiger partial charge in [0, 0.05) is 10.6 Å². The van der Waals surface area contributed by atoms with Gasteiger partial charge < -0.3 is 9.47 Å². The van der Waals surface area contributed by atoms with Gasteiger partial charge in [-0.15, -0.1) is 0 Å². The van der Waals surface area contributed by atoms with Crippen LogP contribution >= 0.6 is 23.2 Å². The van der Waals surface area contributed by atoms with E-state index < -0.39 is 17.0 Å². The Bertz CT molecular complexity index is 804. The smallest absolute Gasteiger partial charge is 0.319 e. The monoisotopic (exact) mass is 410 g/mol. The van der Waals surface area contributed by atoms with E-state index in [2.05, 4.69) is 0 Å². The standard InChI is InChI=1S/C21H24Cl2O4/c1-4-20(2,3)19(25)26-18-16(14-9-8-13(22)12-15(14)23)17(24)21(27-18)10-6-5-7-11-21/h8-9,12H,4-7,10-11H2,1-3H3. The Morgan fingerprint density at radius 3 is 2.48 bits per heavy atom. The van der Waals surface area contributed by atoms with Crippen molar-refractivity contribution in [2.75, 3.05) is 0 Å². The molecule has 6 heteroatoms. The zero-order valence-electron chi connectivity index (χ0n) is 15.9. The van der Waals surface area contributed by atoms with Gasteiger partial charge in [-0.2, -0.15) is 0 Å². The van der Waals surface area contributed by atoms with Crippen molar-refractivity contribution in [2.24, 2.45) is 5.41 Å². The molecule has 1 fully saturated rings. The fourth-order valence-corrected chi connectivity index (χ4v) is 3.91. The van der Waals surface area contributed by atoms with Gasteiger partial charge in [-0.3, -0.25) is 9.59 Å². The van der Waals surface area contributed by atoms with E-state index in [0.717, 1.165) is 19.3 Å². The molecule has 1 spiro atoms. The van der Waals surface area contributed by atoms with Crippen molar-refractivity contribution in [3.05, 3.63) is 39.8 Å². The van der Waals surface area contributed by atoms with Gasteiger partial charge in [-0.1, -0.05) is 42.6 Å². The third kappa shape index (κ3) is 3.74. The number of hydrogen-bond acceptors (Lipinski definition) is 4. The summed E-state index contributed by atoms with van der Waals surface area (Å²) in [5, 5.41) is 0.791. The van der Waals surface area contributed by atoms with Gasteiger partial charge in [0.1, 0.15) is 5.57 Å². The molecule has 1 saturated carbocycles. The number of esters is 1. The Balaban J connectivity index is 2.05. The number of rotatable bonds is 4. The van der Waals surface area contributed by atoms with Gasteiger partial charge >= 0.3 is 5.97 Å². The van der Waals surface area contributed by atoms with E-state index in [-0.39, 0.29) is 17.3 Å². The van der Waals surface area contributed by atoms with Crippen molar-refractivity contribution in [3.63, 3.8) is 0 Å². The fraction of sp³-hybridized carbons (Fsp3) is 0.524. The normalized spacial score (nSPS) is 19.4. The summed E-state index contributed by atoms with van der Waals surface area (Å²) < 4.78 is 11.7. The van der Waals surface area contributed by atoms with Crippen LogP contribution in [0.3, 0.4) is 0 Å². The zero-order chi connectivity index (χ0) is 19.8. The van der Waals surface area contributed by atoms with Crippen LogP contribution in [0.15, 0.2) is 24.1 Å². The number of Topliss-reactive ketones (excluding diaryl/α,β-unsaturated/α-hetero) is 1. The molecule has 1 aromatic rings. The summed E-state index contributed by atoms with van der Waals surface area (Å²) in [4.78, 5) is 26.0. The first-order valence-corrected chi connectivity index (χ1v) is 10.1. The Hall–Kier alpha value is -1.52. The molecule has 0 atom stereocenters. The van der Waals surface area contributed by atoms with Gasteiger partial charge in [0.2, 0.25) is 5.78 Å². The summed E-state index contributed by atoms with van der Waals surface area (Å²) in [6.07, 6.45) is 4.68. The molecule has 0 aromatic heterocycles. The molecule has 1 aliphatic heterocycles. The molecule has 0 bridgehead atoms. The summed E-state index contributed by atoms with van der Waals surface area (Å²) in [5.74, 6) is -0.621. The van der Waals surface area contributed by atoms with Crippen molar-refractivity contribution in [3.8, 4) is 0 Å². The second-order valence-corrected chi connectivity index (χ2v) is 8.74. The minimum atomic E-state index is -0.956. The van der Waals surface area contributed by atoms with Gasteiger partial charge in [0.25, 0.3) is 5.95 Å². The SMILES string of the molecule is CCC(C)(C)C(=O)OC1=C(c2ccc(Cl)cc2Cl)C(=O)C2(CCCCC2)O1. The number of carbonyl (C=O) groups excluding carboxylic acids is 2. The first kappa shape index (κ1) is 20.2. The highest BCUT2D eigenvalue weighted by Gasteiger charge is 2.52. The van der Waals surface area contributed by atoms with E-state index in [4.69, 9.17) is 32.7 Å². The molecule has 0 unspecified atom stereocenters. The molecule has 2 aliphatic rings. The Labute approximate surface area is 169 Å². The first-order chi connectivity index (χ1) is 12.7. The maximum absolute atomic E-state index is 13.4. The van der Waals surface area contributed by atoms with Crippen molar-refractivity contribution in [2.45, 2.75) is 64.9 Å². The van der Waals surface area contributed by atoms with Crippen molar-refractivity contribution in [1.29, 1.82) is 0 Å². The van der Waals surface area contributed by atoms with Crippen molar-refractivity contribution in [1.82, 2.24) is 0 Å². The average Bonchev–Trinajstić information content (AvgIpc) is 2.87. The quantitative estimate of drug-likeness (QED) is 0.575. The predicted octanol–water partition coefficient (Wildman–Crippen LogP) is 5.94. The fourth-order valence-electron chi connectivity index (χ4n) is 3.41. The lowest BCUT2D eigenvalue weighted by molar-refractivity contribution is -0.162. The van der Waals surface area contributed by atoms with Crippen LogP contribution in [0.4, 0.5) is 0 Å². The van der Waals surface area contributed by atoms with Crippen molar-refractivity contribution >= 4 is 40.5 Å². The van der Waals surface area contributed by atoms with E-state index >= 15 is 0 Å². The topological polar surface area (TPSA) is 52.6 Å². The van der Waals surface area contributed by atoms with Crippen LogP contribution in [0.5, 0.6) is 0 Å². The van der Waals surface area contributed by atoms with Gasteiger partial charge in [0.15, 0.2) is 5.60 Å². The molecular formula is C21H24Cl2O4. The lowest BCUT2D eigenvalue weighted by Gasteiger charge is -2.31. The Kier molecular flexibility index (Phi) is 5.60. The van der Waals surface area contributed by atoms with E-state index in [1.807, 2.05) is 6.92 Å². The van der Waals surface area contributed by atoms with E-state index in [9.17, 15) is 9.59 Å². The van der Waals surface area contributed by atoms with Crippen LogP contribution in [0.2, 0.25) is 10.0 Å². The first-order valence-electron chi connectivity index (χ1n) is 9.36. The van der Waals surface area contributed by atoms with Gasteiger partial charge in [-0.25, -0.2) is 0 Å². The lowest BCUT2D eigenvalue weighted by Crippen LogP contribution is -2.39. The molecule has 1 aromatic carbocycles. The number of hydrogen-bond donors (Lipinski definition) is 0. The molecular weight excluding hydrogens is 387 g/mol. The summed E-state index contributed by atoms with van der Waals surface area (Å²) in [6, 6.07) is 4.90. The maximum atomic E-state index is 13.4. The highest BCUT2D eigenvalue weighted by atomic mass is 35.5. The average molecular weight is 411 g/mol. The summed E-state index contributed by atoms with van der Waals surface area (Å²) in [6.45, 7) is 5.52. The van der Waals surface area contributed by atoms with Crippen LogP contribution in [-0.2, 0) is 19.1 Å². The molecule has 0 amide bonds. The molecule has 1 heterocycles.